The molecular weight excluding hydrogens is 286 g/mol. The van der Waals surface area contributed by atoms with Crippen LogP contribution in [0.5, 0.6) is 0 Å². The van der Waals surface area contributed by atoms with E-state index in [4.69, 9.17) is 5.14 Å². The number of nitrogens with zero attached hydrogens (tertiary/aromatic N) is 1. The van der Waals surface area contributed by atoms with Gasteiger partial charge in [0.05, 0.1) is 5.75 Å². The van der Waals surface area contributed by atoms with E-state index < -0.39 is 10.0 Å². The molecule has 1 aliphatic rings. The third-order valence-corrected chi connectivity index (χ3v) is 4.63. The number of benzene rings is 1. The largest absolute Gasteiger partial charge is 0.372 e. The van der Waals surface area contributed by atoms with Crippen molar-refractivity contribution in [3.8, 4) is 0 Å². The highest BCUT2D eigenvalue weighted by Crippen LogP contribution is 2.20. The predicted octanol–water partition coefficient (Wildman–Crippen LogP) is 1.45. The first kappa shape index (κ1) is 16.3. The van der Waals surface area contributed by atoms with Crippen LogP contribution in [0.4, 0.5) is 5.69 Å². The minimum Gasteiger partial charge on any atom is -0.372 e. The molecule has 118 valence electrons. The van der Waals surface area contributed by atoms with E-state index in [-0.39, 0.29) is 5.75 Å². The molecule has 1 aromatic carbocycles. The Morgan fingerprint density at radius 1 is 1.10 bits per heavy atom. The zero-order valence-corrected chi connectivity index (χ0v) is 13.2. The van der Waals surface area contributed by atoms with Crippen LogP contribution in [0.25, 0.3) is 0 Å². The molecule has 6 heteroatoms. The Labute approximate surface area is 127 Å². The average molecular weight is 311 g/mol. The maximum atomic E-state index is 10.8. The number of sulfonamides is 1. The fourth-order valence-electron chi connectivity index (χ4n) is 2.61. The Kier molecular flexibility index (Phi) is 6.02. The number of rotatable bonds is 7. The van der Waals surface area contributed by atoms with Crippen molar-refractivity contribution >= 4 is 15.7 Å². The minimum absolute atomic E-state index is 0.0356. The molecule has 5 nitrogen and oxygen atoms in total. The maximum Gasteiger partial charge on any atom is 0.209 e. The molecular formula is C15H25N3O2S. The molecule has 0 amide bonds. The smallest absolute Gasteiger partial charge is 0.209 e. The number of nitrogens with two attached hydrogens (primary N) is 1. The Morgan fingerprint density at radius 3 is 2.38 bits per heavy atom. The van der Waals surface area contributed by atoms with Crippen molar-refractivity contribution in [3.05, 3.63) is 29.8 Å². The summed E-state index contributed by atoms with van der Waals surface area (Å²) in [5, 5.41) is 8.20. The van der Waals surface area contributed by atoms with Gasteiger partial charge in [0.2, 0.25) is 10.0 Å². The third kappa shape index (κ3) is 6.03. The molecule has 0 unspecified atom stereocenters. The van der Waals surface area contributed by atoms with Crippen molar-refractivity contribution in [1.82, 2.24) is 5.32 Å². The Bertz CT molecular complexity index is 522. The highest BCUT2D eigenvalue weighted by Gasteiger charge is 2.10. The van der Waals surface area contributed by atoms with E-state index in [1.807, 2.05) is 0 Å². The standard InChI is InChI=1S/C15H25N3O2S/c16-21(19,20)12-4-9-17-13-14-5-7-15(8-6-14)18-10-2-1-3-11-18/h5-8,17H,1-4,9-13H2,(H2,16,19,20). The fraction of sp³-hybridized carbons (Fsp3) is 0.600. The summed E-state index contributed by atoms with van der Waals surface area (Å²) in [6.07, 6.45) is 4.46. The predicted molar refractivity (Wildman–Crippen MR) is 86.8 cm³/mol. The van der Waals surface area contributed by atoms with E-state index in [2.05, 4.69) is 34.5 Å². The molecule has 1 aliphatic heterocycles. The molecule has 0 aliphatic carbocycles. The van der Waals surface area contributed by atoms with Gasteiger partial charge in [-0.15, -0.1) is 0 Å². The van der Waals surface area contributed by atoms with Gasteiger partial charge in [0.25, 0.3) is 0 Å². The van der Waals surface area contributed by atoms with Gasteiger partial charge in [0.15, 0.2) is 0 Å². The molecule has 21 heavy (non-hydrogen) atoms. The lowest BCUT2D eigenvalue weighted by Gasteiger charge is -2.28. The van der Waals surface area contributed by atoms with Crippen molar-refractivity contribution in [2.75, 3.05) is 30.3 Å². The summed E-state index contributed by atoms with van der Waals surface area (Å²) in [5.41, 5.74) is 2.51. The monoisotopic (exact) mass is 311 g/mol. The van der Waals surface area contributed by atoms with E-state index in [9.17, 15) is 8.42 Å². The van der Waals surface area contributed by atoms with E-state index in [0.29, 0.717) is 13.0 Å². The second-order valence-electron chi connectivity index (χ2n) is 5.61. The Morgan fingerprint density at radius 2 is 1.76 bits per heavy atom. The van der Waals surface area contributed by atoms with Crippen molar-refractivity contribution < 1.29 is 8.42 Å². The van der Waals surface area contributed by atoms with Gasteiger partial charge in [0, 0.05) is 25.3 Å². The molecule has 2 rings (SSSR count). The molecule has 0 radical (unpaired) electrons. The van der Waals surface area contributed by atoms with E-state index >= 15 is 0 Å². The van der Waals surface area contributed by atoms with Gasteiger partial charge < -0.3 is 10.2 Å². The lowest BCUT2D eigenvalue weighted by molar-refractivity contribution is 0.577. The van der Waals surface area contributed by atoms with Crippen molar-refractivity contribution in [2.24, 2.45) is 5.14 Å². The highest BCUT2D eigenvalue weighted by molar-refractivity contribution is 7.89. The number of primary sulfonamides is 1. The number of anilines is 1. The third-order valence-electron chi connectivity index (χ3n) is 3.77. The first-order chi connectivity index (χ1) is 10.0. The van der Waals surface area contributed by atoms with Gasteiger partial charge >= 0.3 is 0 Å². The maximum absolute atomic E-state index is 10.8. The molecule has 1 heterocycles. The van der Waals surface area contributed by atoms with Gasteiger partial charge in [0.1, 0.15) is 0 Å². The van der Waals surface area contributed by atoms with E-state index in [1.54, 1.807) is 0 Å². The molecule has 3 N–H and O–H groups in total. The quantitative estimate of drug-likeness (QED) is 0.747. The van der Waals surface area contributed by atoms with Gasteiger partial charge in [-0.3, -0.25) is 0 Å². The Balaban J connectivity index is 1.72. The molecule has 0 saturated carbocycles. The normalized spacial score (nSPS) is 16.1. The lowest BCUT2D eigenvalue weighted by atomic mass is 10.1. The zero-order valence-electron chi connectivity index (χ0n) is 12.4. The van der Waals surface area contributed by atoms with Crippen LogP contribution >= 0.6 is 0 Å². The van der Waals surface area contributed by atoms with Crippen LogP contribution in [0.1, 0.15) is 31.2 Å². The fourth-order valence-corrected chi connectivity index (χ4v) is 3.15. The number of piperidine rings is 1. The first-order valence-electron chi connectivity index (χ1n) is 7.60. The zero-order chi connectivity index (χ0) is 15.1. The first-order valence-corrected chi connectivity index (χ1v) is 9.31. The second-order valence-corrected chi connectivity index (χ2v) is 7.35. The van der Waals surface area contributed by atoms with Crippen LogP contribution < -0.4 is 15.4 Å². The summed E-state index contributed by atoms with van der Waals surface area (Å²) in [6, 6.07) is 8.62. The molecule has 0 spiro atoms. The SMILES string of the molecule is NS(=O)(=O)CCCNCc1ccc(N2CCCCC2)cc1. The lowest BCUT2D eigenvalue weighted by Crippen LogP contribution is -2.29. The van der Waals surface area contributed by atoms with Crippen LogP contribution in [0.2, 0.25) is 0 Å². The van der Waals surface area contributed by atoms with Crippen LogP contribution in [0.15, 0.2) is 24.3 Å². The van der Waals surface area contributed by atoms with Crippen molar-refractivity contribution in [1.29, 1.82) is 0 Å². The number of hydrogen-bond acceptors (Lipinski definition) is 4. The van der Waals surface area contributed by atoms with Gasteiger partial charge in [-0.1, -0.05) is 12.1 Å². The summed E-state index contributed by atoms with van der Waals surface area (Å²) in [5.74, 6) is 0.0356. The Hall–Kier alpha value is -1.11. The van der Waals surface area contributed by atoms with Gasteiger partial charge in [-0.2, -0.15) is 0 Å². The molecule has 0 atom stereocenters. The van der Waals surface area contributed by atoms with Crippen LogP contribution in [0.3, 0.4) is 0 Å². The van der Waals surface area contributed by atoms with Gasteiger partial charge in [-0.25, -0.2) is 13.6 Å². The molecule has 1 aromatic rings. The topological polar surface area (TPSA) is 75.4 Å². The summed E-state index contributed by atoms with van der Waals surface area (Å²) in [6.45, 7) is 3.73. The van der Waals surface area contributed by atoms with Crippen molar-refractivity contribution in [2.45, 2.75) is 32.2 Å². The molecule has 1 fully saturated rings. The van der Waals surface area contributed by atoms with E-state index in [0.717, 1.165) is 19.6 Å². The van der Waals surface area contributed by atoms with Crippen molar-refractivity contribution in [3.63, 3.8) is 0 Å². The van der Waals surface area contributed by atoms with Crippen LogP contribution in [-0.4, -0.2) is 33.8 Å². The van der Waals surface area contributed by atoms with Crippen LogP contribution in [-0.2, 0) is 16.6 Å². The highest BCUT2D eigenvalue weighted by atomic mass is 32.2. The molecule has 1 saturated heterocycles. The number of hydrogen-bond donors (Lipinski definition) is 2. The number of nitrogens with one attached hydrogen (secondary N) is 1. The molecule has 0 bridgehead atoms. The summed E-state index contributed by atoms with van der Waals surface area (Å²) < 4.78 is 21.6. The average Bonchev–Trinajstić information content (AvgIpc) is 2.47. The summed E-state index contributed by atoms with van der Waals surface area (Å²) >= 11 is 0. The van der Waals surface area contributed by atoms with E-state index in [1.165, 1.54) is 30.5 Å². The van der Waals surface area contributed by atoms with Crippen LogP contribution in [0, 0.1) is 0 Å². The summed E-state index contributed by atoms with van der Waals surface area (Å²) in [7, 11) is -3.33. The van der Waals surface area contributed by atoms with Gasteiger partial charge in [-0.05, 0) is 49.9 Å². The second kappa shape index (κ2) is 7.77. The molecule has 0 aromatic heterocycles. The summed E-state index contributed by atoms with van der Waals surface area (Å²) in [4.78, 5) is 2.44. The minimum atomic E-state index is -3.33.